The summed E-state index contributed by atoms with van der Waals surface area (Å²) in [4.78, 5) is 22.0. The first-order valence-corrected chi connectivity index (χ1v) is 9.90. The van der Waals surface area contributed by atoms with Crippen LogP contribution in [0.15, 0.2) is 53.6 Å². The maximum Gasteiger partial charge on any atom is 0.425 e. The van der Waals surface area contributed by atoms with Crippen molar-refractivity contribution in [1.82, 2.24) is 14.5 Å². The molecule has 0 N–H and O–H groups in total. The topological polar surface area (TPSA) is 51.0 Å². The molecule has 0 spiro atoms. The molecule has 0 bridgehead atoms. The molecule has 3 heterocycles. The zero-order valence-electron chi connectivity index (χ0n) is 15.6. The third-order valence-electron chi connectivity index (χ3n) is 4.73. The van der Waals surface area contributed by atoms with E-state index < -0.39 is 16.7 Å². The molecule has 3 aromatic rings. The molecule has 0 atom stereocenters. The number of thiophene rings is 1. The van der Waals surface area contributed by atoms with Gasteiger partial charge in [0.1, 0.15) is 17.0 Å². The molecular weight excluding hydrogens is 420 g/mol. The van der Waals surface area contributed by atoms with E-state index in [0.717, 1.165) is 17.2 Å². The molecule has 1 aliphatic rings. The summed E-state index contributed by atoms with van der Waals surface area (Å²) in [7, 11) is 0. The fourth-order valence-electron chi connectivity index (χ4n) is 3.17. The van der Waals surface area contributed by atoms with Gasteiger partial charge in [0.05, 0.1) is 6.54 Å². The third kappa shape index (κ3) is 4.43. The van der Waals surface area contributed by atoms with E-state index >= 15 is 0 Å². The molecule has 0 saturated heterocycles. The molecule has 156 valence electrons. The van der Waals surface area contributed by atoms with Gasteiger partial charge in [-0.05, 0) is 41.8 Å². The van der Waals surface area contributed by atoms with Gasteiger partial charge in [0.2, 0.25) is 5.95 Å². The summed E-state index contributed by atoms with van der Waals surface area (Å²) in [6.07, 6.45) is -0.428. The Balaban J connectivity index is 1.45. The van der Waals surface area contributed by atoms with Crippen molar-refractivity contribution in [3.05, 3.63) is 80.4 Å². The SMILES string of the molecule is O=c1nc(N2CC=C(c3ccc(F)cc3)CC2)ncn1Cc1ccc(C(F)(F)F)s1. The van der Waals surface area contributed by atoms with Gasteiger partial charge in [0, 0.05) is 18.0 Å². The summed E-state index contributed by atoms with van der Waals surface area (Å²) in [5.41, 5.74) is 1.45. The van der Waals surface area contributed by atoms with Crippen molar-refractivity contribution in [2.24, 2.45) is 0 Å². The number of alkyl halides is 3. The van der Waals surface area contributed by atoms with Crippen molar-refractivity contribution in [3.63, 3.8) is 0 Å². The molecule has 0 radical (unpaired) electrons. The average molecular weight is 436 g/mol. The molecule has 0 unspecified atom stereocenters. The lowest BCUT2D eigenvalue weighted by Gasteiger charge is -2.26. The minimum atomic E-state index is -4.40. The van der Waals surface area contributed by atoms with E-state index in [1.807, 2.05) is 11.0 Å². The number of nitrogens with zero attached hydrogens (tertiary/aromatic N) is 4. The van der Waals surface area contributed by atoms with E-state index in [2.05, 4.69) is 9.97 Å². The van der Waals surface area contributed by atoms with Crippen LogP contribution in [0.5, 0.6) is 0 Å². The highest BCUT2D eigenvalue weighted by Crippen LogP contribution is 2.34. The Labute approximate surface area is 172 Å². The average Bonchev–Trinajstić information content (AvgIpc) is 3.20. The van der Waals surface area contributed by atoms with Crippen molar-refractivity contribution in [2.75, 3.05) is 18.0 Å². The van der Waals surface area contributed by atoms with Gasteiger partial charge in [-0.1, -0.05) is 18.2 Å². The molecule has 30 heavy (non-hydrogen) atoms. The van der Waals surface area contributed by atoms with E-state index in [1.54, 1.807) is 12.1 Å². The third-order valence-corrected chi connectivity index (χ3v) is 5.84. The molecule has 1 aliphatic heterocycles. The van der Waals surface area contributed by atoms with Crippen molar-refractivity contribution < 1.29 is 17.6 Å². The number of anilines is 1. The minimum Gasteiger partial charge on any atom is -0.337 e. The highest BCUT2D eigenvalue weighted by atomic mass is 32.1. The van der Waals surface area contributed by atoms with E-state index in [9.17, 15) is 22.4 Å². The van der Waals surface area contributed by atoms with Gasteiger partial charge < -0.3 is 4.90 Å². The smallest absolute Gasteiger partial charge is 0.337 e. The number of halogens is 4. The fraction of sp³-hybridized carbons (Fsp3) is 0.250. The van der Waals surface area contributed by atoms with E-state index in [-0.39, 0.29) is 18.3 Å². The second kappa shape index (κ2) is 8.02. The standard InChI is InChI=1S/C20H16F4N4OS/c21-15-3-1-13(2-4-15)14-7-9-27(10-8-14)18-25-12-28(19(29)26-18)11-16-5-6-17(30-16)20(22,23)24/h1-7,12H,8-11H2. The molecule has 2 aromatic heterocycles. The van der Waals surface area contributed by atoms with Crippen LogP contribution in [0.4, 0.5) is 23.5 Å². The number of hydrogen-bond acceptors (Lipinski definition) is 5. The van der Waals surface area contributed by atoms with Crippen LogP contribution in [0.3, 0.4) is 0 Å². The van der Waals surface area contributed by atoms with Crippen LogP contribution < -0.4 is 10.6 Å². The summed E-state index contributed by atoms with van der Waals surface area (Å²) < 4.78 is 52.4. The Morgan fingerprint density at radius 1 is 1.10 bits per heavy atom. The number of rotatable bonds is 4. The van der Waals surface area contributed by atoms with Gasteiger partial charge in [0.25, 0.3) is 0 Å². The molecule has 0 saturated carbocycles. The number of benzene rings is 1. The summed E-state index contributed by atoms with van der Waals surface area (Å²) >= 11 is 0.593. The van der Waals surface area contributed by atoms with Gasteiger partial charge in [-0.15, -0.1) is 11.3 Å². The highest BCUT2D eigenvalue weighted by Gasteiger charge is 2.32. The van der Waals surface area contributed by atoms with Crippen LogP contribution in [-0.4, -0.2) is 27.6 Å². The molecule has 1 aromatic carbocycles. The summed E-state index contributed by atoms with van der Waals surface area (Å²) in [5, 5.41) is 0. The first-order valence-electron chi connectivity index (χ1n) is 9.09. The Kier molecular flexibility index (Phi) is 5.42. The zero-order chi connectivity index (χ0) is 21.3. The van der Waals surface area contributed by atoms with Crippen molar-refractivity contribution in [3.8, 4) is 0 Å². The van der Waals surface area contributed by atoms with Gasteiger partial charge in [0.15, 0.2) is 0 Å². The van der Waals surface area contributed by atoms with Crippen LogP contribution in [0.2, 0.25) is 0 Å². The quantitative estimate of drug-likeness (QED) is 0.576. The van der Waals surface area contributed by atoms with Gasteiger partial charge in [-0.3, -0.25) is 4.57 Å². The lowest BCUT2D eigenvalue weighted by molar-refractivity contribution is -0.134. The zero-order valence-corrected chi connectivity index (χ0v) is 16.4. The first kappa shape index (κ1) is 20.3. The van der Waals surface area contributed by atoms with Crippen LogP contribution in [0, 0.1) is 5.82 Å². The predicted octanol–water partition coefficient (Wildman–Crippen LogP) is 4.20. The summed E-state index contributed by atoms with van der Waals surface area (Å²) in [5.74, 6) is -0.0178. The molecule has 4 rings (SSSR count). The van der Waals surface area contributed by atoms with E-state index in [0.29, 0.717) is 35.7 Å². The Bertz CT molecular complexity index is 1130. The molecule has 5 nitrogen and oxygen atoms in total. The summed E-state index contributed by atoms with van der Waals surface area (Å²) in [6, 6.07) is 8.62. The molecule has 0 aliphatic carbocycles. The van der Waals surface area contributed by atoms with Crippen LogP contribution in [0.1, 0.15) is 21.7 Å². The molecular formula is C20H16F4N4OS. The van der Waals surface area contributed by atoms with Crippen LogP contribution in [0.25, 0.3) is 5.57 Å². The number of aromatic nitrogens is 3. The fourth-order valence-corrected chi connectivity index (χ4v) is 4.04. The van der Waals surface area contributed by atoms with Gasteiger partial charge >= 0.3 is 11.9 Å². The van der Waals surface area contributed by atoms with Crippen molar-refractivity contribution >= 4 is 22.9 Å². The lowest BCUT2D eigenvalue weighted by atomic mass is 10.00. The van der Waals surface area contributed by atoms with Gasteiger partial charge in [-0.2, -0.15) is 18.2 Å². The van der Waals surface area contributed by atoms with E-state index in [1.165, 1.54) is 29.1 Å². The largest absolute Gasteiger partial charge is 0.425 e. The second-order valence-electron chi connectivity index (χ2n) is 6.76. The van der Waals surface area contributed by atoms with Crippen molar-refractivity contribution in [2.45, 2.75) is 19.1 Å². The monoisotopic (exact) mass is 436 g/mol. The number of hydrogen-bond donors (Lipinski definition) is 0. The first-order chi connectivity index (χ1) is 14.3. The van der Waals surface area contributed by atoms with E-state index in [4.69, 9.17) is 0 Å². The maximum atomic E-state index is 13.1. The van der Waals surface area contributed by atoms with Crippen LogP contribution in [-0.2, 0) is 12.7 Å². The molecule has 10 heteroatoms. The lowest BCUT2D eigenvalue weighted by Crippen LogP contribution is -2.33. The second-order valence-corrected chi connectivity index (χ2v) is 7.93. The molecule has 0 fully saturated rings. The maximum absolute atomic E-state index is 13.1. The Morgan fingerprint density at radius 3 is 2.47 bits per heavy atom. The van der Waals surface area contributed by atoms with Crippen LogP contribution >= 0.6 is 11.3 Å². The Morgan fingerprint density at radius 2 is 1.87 bits per heavy atom. The Hall–Kier alpha value is -3.01. The predicted molar refractivity (Wildman–Crippen MR) is 106 cm³/mol. The van der Waals surface area contributed by atoms with Crippen molar-refractivity contribution in [1.29, 1.82) is 0 Å². The minimum absolute atomic E-state index is 0.0194. The normalized spacial score (nSPS) is 14.7. The highest BCUT2D eigenvalue weighted by molar-refractivity contribution is 7.12. The van der Waals surface area contributed by atoms with Gasteiger partial charge in [-0.25, -0.2) is 14.2 Å². The molecule has 0 amide bonds. The summed E-state index contributed by atoms with van der Waals surface area (Å²) in [6.45, 7) is 1.07.